The van der Waals surface area contributed by atoms with Crippen LogP contribution < -0.4 is 10.1 Å². The predicted octanol–water partition coefficient (Wildman–Crippen LogP) is 1.34. The van der Waals surface area contributed by atoms with Gasteiger partial charge in [0, 0.05) is 30.3 Å². The zero-order valence-corrected chi connectivity index (χ0v) is 10.6. The van der Waals surface area contributed by atoms with Crippen molar-refractivity contribution in [2.75, 3.05) is 7.11 Å². The number of aliphatic hydroxyl groups is 1. The fourth-order valence-corrected chi connectivity index (χ4v) is 2.16. The van der Waals surface area contributed by atoms with Crippen molar-refractivity contribution in [1.29, 1.82) is 0 Å². The summed E-state index contributed by atoms with van der Waals surface area (Å²) in [4.78, 5) is 4.07. The molecule has 1 saturated carbocycles. The molecule has 1 fully saturated rings. The average molecular weight is 236 g/mol. The monoisotopic (exact) mass is 236 g/mol. The first-order valence-electron chi connectivity index (χ1n) is 5.94. The Bertz CT molecular complexity index is 393. The minimum atomic E-state index is -0.188. The van der Waals surface area contributed by atoms with E-state index in [0.717, 1.165) is 18.5 Å². The van der Waals surface area contributed by atoms with Crippen LogP contribution in [0.4, 0.5) is 0 Å². The van der Waals surface area contributed by atoms with E-state index in [1.165, 1.54) is 0 Å². The van der Waals surface area contributed by atoms with Gasteiger partial charge in [-0.2, -0.15) is 0 Å². The van der Waals surface area contributed by atoms with Crippen molar-refractivity contribution in [2.45, 2.75) is 39.0 Å². The molecule has 17 heavy (non-hydrogen) atoms. The highest BCUT2D eigenvalue weighted by molar-refractivity contribution is 5.20. The van der Waals surface area contributed by atoms with E-state index in [1.807, 2.05) is 12.1 Å². The largest absolute Gasteiger partial charge is 0.481 e. The number of aliphatic hydroxyl groups excluding tert-OH is 1. The molecule has 0 aromatic carbocycles. The number of rotatable bonds is 4. The van der Waals surface area contributed by atoms with Crippen LogP contribution in [0, 0.1) is 5.41 Å². The molecule has 1 aromatic rings. The average Bonchev–Trinajstić information content (AvgIpc) is 2.34. The fourth-order valence-electron chi connectivity index (χ4n) is 2.16. The lowest BCUT2D eigenvalue weighted by Crippen LogP contribution is -2.59. The first-order valence-corrected chi connectivity index (χ1v) is 5.94. The van der Waals surface area contributed by atoms with Gasteiger partial charge in [0.15, 0.2) is 0 Å². The Hall–Kier alpha value is -1.13. The molecule has 0 saturated heterocycles. The number of nitrogens with zero attached hydrogens (tertiary/aromatic N) is 1. The summed E-state index contributed by atoms with van der Waals surface area (Å²) >= 11 is 0. The minimum Gasteiger partial charge on any atom is -0.481 e. The second-order valence-electron chi connectivity index (χ2n) is 5.21. The highest BCUT2D eigenvalue weighted by Gasteiger charge is 2.46. The lowest BCUT2D eigenvalue weighted by Gasteiger charge is -2.49. The van der Waals surface area contributed by atoms with Crippen molar-refractivity contribution in [1.82, 2.24) is 10.3 Å². The molecule has 0 amide bonds. The Kier molecular flexibility index (Phi) is 3.35. The number of hydrogen-bond acceptors (Lipinski definition) is 4. The van der Waals surface area contributed by atoms with Gasteiger partial charge in [-0.05, 0) is 18.1 Å². The Morgan fingerprint density at radius 3 is 2.94 bits per heavy atom. The number of pyridine rings is 1. The van der Waals surface area contributed by atoms with Gasteiger partial charge >= 0.3 is 0 Å². The van der Waals surface area contributed by atoms with Crippen LogP contribution in [0.15, 0.2) is 18.3 Å². The van der Waals surface area contributed by atoms with Gasteiger partial charge in [-0.25, -0.2) is 4.98 Å². The van der Waals surface area contributed by atoms with Gasteiger partial charge in [-0.1, -0.05) is 13.8 Å². The molecule has 2 unspecified atom stereocenters. The smallest absolute Gasteiger partial charge is 0.213 e. The van der Waals surface area contributed by atoms with E-state index in [9.17, 15) is 5.11 Å². The summed E-state index contributed by atoms with van der Waals surface area (Å²) in [7, 11) is 1.62. The van der Waals surface area contributed by atoms with Crippen LogP contribution in [-0.2, 0) is 6.54 Å². The molecule has 0 spiro atoms. The van der Waals surface area contributed by atoms with Crippen LogP contribution in [-0.4, -0.2) is 29.3 Å². The van der Waals surface area contributed by atoms with Crippen molar-refractivity contribution in [3.05, 3.63) is 23.9 Å². The molecular formula is C13H20N2O2. The Morgan fingerprint density at radius 1 is 1.59 bits per heavy atom. The lowest BCUT2D eigenvalue weighted by atomic mass is 9.64. The highest BCUT2D eigenvalue weighted by atomic mass is 16.5. The molecule has 94 valence electrons. The summed E-state index contributed by atoms with van der Waals surface area (Å²) in [6, 6.07) is 4.27. The molecule has 1 aliphatic rings. The number of nitrogens with one attached hydrogen (secondary N) is 1. The standard InChI is InChI=1S/C13H20N2O2/c1-13(2)10(7-11(13)16)15-8-9-4-5-14-12(6-9)17-3/h4-6,10-11,15-16H,7-8H2,1-3H3. The van der Waals surface area contributed by atoms with Crippen molar-refractivity contribution in [3.63, 3.8) is 0 Å². The van der Waals surface area contributed by atoms with Crippen molar-refractivity contribution < 1.29 is 9.84 Å². The van der Waals surface area contributed by atoms with Gasteiger partial charge in [-0.15, -0.1) is 0 Å². The molecule has 1 aliphatic carbocycles. The van der Waals surface area contributed by atoms with Crippen LogP contribution in [0.1, 0.15) is 25.8 Å². The molecule has 2 N–H and O–H groups in total. The van der Waals surface area contributed by atoms with Gasteiger partial charge in [0.05, 0.1) is 13.2 Å². The quantitative estimate of drug-likeness (QED) is 0.828. The maximum absolute atomic E-state index is 9.66. The topological polar surface area (TPSA) is 54.4 Å². The van der Waals surface area contributed by atoms with Crippen LogP contribution in [0.25, 0.3) is 0 Å². The Labute approximate surface area is 102 Å². The first-order chi connectivity index (χ1) is 8.04. The van der Waals surface area contributed by atoms with Crippen LogP contribution in [0.2, 0.25) is 0 Å². The summed E-state index contributed by atoms with van der Waals surface area (Å²) in [5.74, 6) is 0.636. The molecule has 2 atom stereocenters. The van der Waals surface area contributed by atoms with E-state index in [1.54, 1.807) is 13.3 Å². The lowest BCUT2D eigenvalue weighted by molar-refractivity contribution is -0.0729. The predicted molar refractivity (Wildman–Crippen MR) is 65.8 cm³/mol. The van der Waals surface area contributed by atoms with Crippen LogP contribution in [0.3, 0.4) is 0 Å². The third-order valence-corrected chi connectivity index (χ3v) is 3.78. The number of ether oxygens (including phenoxy) is 1. The summed E-state index contributed by atoms with van der Waals surface area (Å²) in [6.45, 7) is 4.96. The molecule has 4 heteroatoms. The van der Waals surface area contributed by atoms with E-state index < -0.39 is 0 Å². The maximum atomic E-state index is 9.66. The normalized spacial score (nSPS) is 26.4. The van der Waals surface area contributed by atoms with E-state index >= 15 is 0 Å². The summed E-state index contributed by atoms with van der Waals surface area (Å²) in [6.07, 6.45) is 2.39. The summed E-state index contributed by atoms with van der Waals surface area (Å²) in [5.41, 5.74) is 1.12. The molecule has 1 heterocycles. The van der Waals surface area contributed by atoms with Gasteiger partial charge < -0.3 is 15.2 Å². The molecule has 0 bridgehead atoms. The number of methoxy groups -OCH3 is 1. The van der Waals surface area contributed by atoms with Crippen molar-refractivity contribution in [2.24, 2.45) is 5.41 Å². The number of hydrogen-bond donors (Lipinski definition) is 2. The van der Waals surface area contributed by atoms with Crippen LogP contribution >= 0.6 is 0 Å². The molecule has 2 rings (SSSR count). The fraction of sp³-hybridized carbons (Fsp3) is 0.615. The zero-order valence-electron chi connectivity index (χ0n) is 10.6. The summed E-state index contributed by atoms with van der Waals surface area (Å²) < 4.78 is 5.08. The third kappa shape index (κ3) is 2.42. The SMILES string of the molecule is COc1cc(CNC2CC(O)C2(C)C)ccn1. The second kappa shape index (κ2) is 4.63. The van der Waals surface area contributed by atoms with E-state index in [2.05, 4.69) is 24.1 Å². The van der Waals surface area contributed by atoms with Gasteiger partial charge in [0.1, 0.15) is 0 Å². The molecule has 0 aliphatic heterocycles. The minimum absolute atomic E-state index is 0.0306. The molecule has 4 nitrogen and oxygen atoms in total. The van der Waals surface area contributed by atoms with Gasteiger partial charge in [0.25, 0.3) is 0 Å². The highest BCUT2D eigenvalue weighted by Crippen LogP contribution is 2.40. The maximum Gasteiger partial charge on any atom is 0.213 e. The van der Waals surface area contributed by atoms with E-state index in [4.69, 9.17) is 4.74 Å². The first kappa shape index (κ1) is 12.3. The van der Waals surface area contributed by atoms with Gasteiger partial charge in [-0.3, -0.25) is 0 Å². The van der Waals surface area contributed by atoms with Crippen LogP contribution in [0.5, 0.6) is 5.88 Å². The van der Waals surface area contributed by atoms with Crippen molar-refractivity contribution >= 4 is 0 Å². The molecule has 1 aromatic heterocycles. The summed E-state index contributed by atoms with van der Waals surface area (Å²) in [5, 5.41) is 13.1. The second-order valence-corrected chi connectivity index (χ2v) is 5.21. The third-order valence-electron chi connectivity index (χ3n) is 3.78. The zero-order chi connectivity index (χ0) is 12.5. The van der Waals surface area contributed by atoms with E-state index in [0.29, 0.717) is 11.9 Å². The Balaban J connectivity index is 1.90. The van der Waals surface area contributed by atoms with Gasteiger partial charge in [0.2, 0.25) is 5.88 Å². The Morgan fingerprint density at radius 2 is 2.35 bits per heavy atom. The van der Waals surface area contributed by atoms with Crippen molar-refractivity contribution in [3.8, 4) is 5.88 Å². The molecular weight excluding hydrogens is 216 g/mol. The van der Waals surface area contributed by atoms with E-state index in [-0.39, 0.29) is 11.5 Å². The molecule has 0 radical (unpaired) electrons. The number of aromatic nitrogens is 1.